The van der Waals surface area contributed by atoms with Gasteiger partial charge in [-0.25, -0.2) is 0 Å². The molecule has 2 N–H and O–H groups in total. The topological polar surface area (TPSA) is 55.6 Å². The van der Waals surface area contributed by atoms with Crippen molar-refractivity contribution >= 4 is 5.91 Å². The van der Waals surface area contributed by atoms with E-state index in [1.807, 2.05) is 59.5 Å². The van der Waals surface area contributed by atoms with E-state index in [1.54, 1.807) is 0 Å². The summed E-state index contributed by atoms with van der Waals surface area (Å²) in [6.07, 6.45) is 0.849. The molecule has 0 spiro atoms. The van der Waals surface area contributed by atoms with Gasteiger partial charge >= 0.3 is 0 Å². The summed E-state index contributed by atoms with van der Waals surface area (Å²) >= 11 is 0. The van der Waals surface area contributed by atoms with Crippen molar-refractivity contribution in [2.24, 2.45) is 11.1 Å². The van der Waals surface area contributed by atoms with Gasteiger partial charge < -0.3 is 15.4 Å². The monoisotopic (exact) mass is 338 g/mol. The van der Waals surface area contributed by atoms with Crippen LogP contribution < -0.4 is 10.5 Å². The zero-order valence-corrected chi connectivity index (χ0v) is 14.9. The van der Waals surface area contributed by atoms with E-state index in [2.05, 4.69) is 13.8 Å². The third-order valence-corrected chi connectivity index (χ3v) is 4.95. The van der Waals surface area contributed by atoms with E-state index in [-0.39, 0.29) is 17.4 Å². The SMILES string of the molecule is CC1(C)CN(C(=O)c2ccc(COc3ccccc3)cc2)CCC1N. The predicted molar refractivity (Wildman–Crippen MR) is 99.5 cm³/mol. The van der Waals surface area contributed by atoms with Crippen LogP contribution in [0, 0.1) is 5.41 Å². The standard InChI is InChI=1S/C21H26N2O2/c1-21(2)15-23(13-12-19(21)22)20(24)17-10-8-16(9-11-17)14-25-18-6-4-3-5-7-18/h3-11,19H,12-15,22H2,1-2H3. The maximum absolute atomic E-state index is 12.7. The Morgan fingerprint density at radius 1 is 1.16 bits per heavy atom. The lowest BCUT2D eigenvalue weighted by molar-refractivity contribution is 0.0533. The van der Waals surface area contributed by atoms with Crippen LogP contribution in [0.25, 0.3) is 0 Å². The Bertz CT molecular complexity index is 710. The molecule has 4 nitrogen and oxygen atoms in total. The molecular formula is C21H26N2O2. The number of nitrogens with two attached hydrogens (primary N) is 1. The first-order chi connectivity index (χ1) is 12.0. The molecule has 2 aromatic rings. The van der Waals surface area contributed by atoms with Gasteiger partial charge in [-0.05, 0) is 41.7 Å². The lowest BCUT2D eigenvalue weighted by Gasteiger charge is -2.42. The Kier molecular flexibility index (Phi) is 5.09. The van der Waals surface area contributed by atoms with E-state index in [9.17, 15) is 4.79 Å². The summed E-state index contributed by atoms with van der Waals surface area (Å²) in [4.78, 5) is 14.7. The Morgan fingerprint density at radius 2 is 1.84 bits per heavy atom. The highest BCUT2D eigenvalue weighted by Crippen LogP contribution is 2.28. The molecule has 1 unspecified atom stereocenters. The minimum atomic E-state index is -0.0443. The molecule has 1 aliphatic rings. The summed E-state index contributed by atoms with van der Waals surface area (Å²) < 4.78 is 5.74. The molecule has 1 fully saturated rings. The quantitative estimate of drug-likeness (QED) is 0.929. The molecule has 1 aliphatic heterocycles. The zero-order chi connectivity index (χ0) is 17.9. The Morgan fingerprint density at radius 3 is 2.48 bits per heavy atom. The molecule has 0 aromatic heterocycles. The van der Waals surface area contributed by atoms with Crippen LogP contribution in [0.5, 0.6) is 5.75 Å². The normalized spacial score (nSPS) is 19.5. The second-order valence-corrected chi connectivity index (χ2v) is 7.41. The molecule has 1 amide bonds. The van der Waals surface area contributed by atoms with Crippen molar-refractivity contribution in [3.05, 3.63) is 65.7 Å². The Labute approximate surface area is 149 Å². The number of hydrogen-bond donors (Lipinski definition) is 1. The second kappa shape index (κ2) is 7.28. The molecule has 0 saturated carbocycles. The molecule has 0 radical (unpaired) electrons. The van der Waals surface area contributed by atoms with Crippen LogP contribution in [0.2, 0.25) is 0 Å². The van der Waals surface area contributed by atoms with Gasteiger partial charge in [-0.1, -0.05) is 44.2 Å². The van der Waals surface area contributed by atoms with Gasteiger partial charge in [0, 0.05) is 24.7 Å². The minimum absolute atomic E-state index is 0.0443. The molecule has 0 bridgehead atoms. The Balaban J connectivity index is 1.61. The predicted octanol–water partition coefficient (Wildman–Crippen LogP) is 3.47. The van der Waals surface area contributed by atoms with Gasteiger partial charge in [-0.3, -0.25) is 4.79 Å². The van der Waals surface area contributed by atoms with Crippen molar-refractivity contribution in [3.8, 4) is 5.75 Å². The number of hydrogen-bond acceptors (Lipinski definition) is 3. The molecule has 3 rings (SSSR count). The minimum Gasteiger partial charge on any atom is -0.489 e. The molecule has 1 heterocycles. The Hall–Kier alpha value is -2.33. The van der Waals surface area contributed by atoms with E-state index < -0.39 is 0 Å². The van der Waals surface area contributed by atoms with Gasteiger partial charge in [-0.15, -0.1) is 0 Å². The molecule has 132 valence electrons. The number of ether oxygens (including phenoxy) is 1. The summed E-state index contributed by atoms with van der Waals surface area (Å²) in [5.41, 5.74) is 7.88. The number of amides is 1. The fourth-order valence-corrected chi connectivity index (χ4v) is 3.16. The smallest absolute Gasteiger partial charge is 0.253 e. The van der Waals surface area contributed by atoms with Crippen LogP contribution in [0.3, 0.4) is 0 Å². The summed E-state index contributed by atoms with van der Waals surface area (Å²) in [5, 5.41) is 0. The van der Waals surface area contributed by atoms with Crippen molar-refractivity contribution in [2.75, 3.05) is 13.1 Å². The number of carbonyl (C=O) groups excluding carboxylic acids is 1. The molecule has 25 heavy (non-hydrogen) atoms. The number of nitrogens with zero attached hydrogens (tertiary/aromatic N) is 1. The molecule has 4 heteroatoms. The largest absolute Gasteiger partial charge is 0.489 e. The van der Waals surface area contributed by atoms with Crippen molar-refractivity contribution < 1.29 is 9.53 Å². The van der Waals surface area contributed by atoms with Crippen LogP contribution in [-0.4, -0.2) is 29.9 Å². The average Bonchev–Trinajstić information content (AvgIpc) is 2.63. The number of piperidine rings is 1. The highest BCUT2D eigenvalue weighted by atomic mass is 16.5. The van der Waals surface area contributed by atoms with Gasteiger partial charge in [-0.2, -0.15) is 0 Å². The maximum Gasteiger partial charge on any atom is 0.253 e. The third-order valence-electron chi connectivity index (χ3n) is 4.95. The summed E-state index contributed by atoms with van der Waals surface area (Å²) in [7, 11) is 0. The highest BCUT2D eigenvalue weighted by molar-refractivity contribution is 5.94. The average molecular weight is 338 g/mol. The fraction of sp³-hybridized carbons (Fsp3) is 0.381. The first-order valence-corrected chi connectivity index (χ1v) is 8.77. The number of rotatable bonds is 4. The van der Waals surface area contributed by atoms with Crippen molar-refractivity contribution in [1.82, 2.24) is 4.90 Å². The number of para-hydroxylation sites is 1. The molecule has 0 aliphatic carbocycles. The lowest BCUT2D eigenvalue weighted by Crippen LogP contribution is -2.53. The van der Waals surface area contributed by atoms with E-state index in [1.165, 1.54) is 0 Å². The van der Waals surface area contributed by atoms with Gasteiger partial charge in [0.2, 0.25) is 0 Å². The number of likely N-dealkylation sites (tertiary alicyclic amines) is 1. The van der Waals surface area contributed by atoms with Gasteiger partial charge in [0.25, 0.3) is 5.91 Å². The van der Waals surface area contributed by atoms with E-state index >= 15 is 0 Å². The maximum atomic E-state index is 12.7. The van der Waals surface area contributed by atoms with Gasteiger partial charge in [0.15, 0.2) is 0 Å². The molecule has 1 atom stereocenters. The number of carbonyl (C=O) groups is 1. The highest BCUT2D eigenvalue weighted by Gasteiger charge is 2.35. The lowest BCUT2D eigenvalue weighted by atomic mass is 9.79. The van der Waals surface area contributed by atoms with Crippen LogP contribution >= 0.6 is 0 Å². The molecule has 1 saturated heterocycles. The summed E-state index contributed by atoms with van der Waals surface area (Å²) in [6.45, 7) is 6.17. The van der Waals surface area contributed by atoms with Crippen LogP contribution in [0.4, 0.5) is 0 Å². The molecule has 2 aromatic carbocycles. The van der Waals surface area contributed by atoms with Crippen LogP contribution in [-0.2, 0) is 6.61 Å². The third kappa shape index (κ3) is 4.20. The number of benzene rings is 2. The summed E-state index contributed by atoms with van der Waals surface area (Å²) in [6, 6.07) is 17.5. The van der Waals surface area contributed by atoms with Crippen LogP contribution in [0.15, 0.2) is 54.6 Å². The first kappa shape index (κ1) is 17.5. The summed E-state index contributed by atoms with van der Waals surface area (Å²) in [5.74, 6) is 0.921. The zero-order valence-electron chi connectivity index (χ0n) is 14.9. The van der Waals surface area contributed by atoms with Crippen molar-refractivity contribution in [1.29, 1.82) is 0 Å². The van der Waals surface area contributed by atoms with Crippen LogP contribution in [0.1, 0.15) is 36.2 Å². The van der Waals surface area contributed by atoms with E-state index in [0.717, 1.165) is 29.8 Å². The fourth-order valence-electron chi connectivity index (χ4n) is 3.16. The van der Waals surface area contributed by atoms with Crippen molar-refractivity contribution in [3.63, 3.8) is 0 Å². The van der Waals surface area contributed by atoms with Gasteiger partial charge in [0.05, 0.1) is 0 Å². The van der Waals surface area contributed by atoms with Crippen molar-refractivity contribution in [2.45, 2.75) is 32.9 Å². The van der Waals surface area contributed by atoms with Gasteiger partial charge in [0.1, 0.15) is 12.4 Å². The van der Waals surface area contributed by atoms with E-state index in [4.69, 9.17) is 10.5 Å². The molecular weight excluding hydrogens is 312 g/mol. The first-order valence-electron chi connectivity index (χ1n) is 8.77. The van der Waals surface area contributed by atoms with E-state index in [0.29, 0.717) is 13.2 Å². The second-order valence-electron chi connectivity index (χ2n) is 7.41.